The first-order valence-electron chi connectivity index (χ1n) is 5.65. The van der Waals surface area contributed by atoms with Crippen molar-refractivity contribution in [1.29, 1.82) is 0 Å². The highest BCUT2D eigenvalue weighted by atomic mass is 35.5. The van der Waals surface area contributed by atoms with Crippen LogP contribution in [0, 0.1) is 0 Å². The van der Waals surface area contributed by atoms with Crippen LogP contribution in [0.3, 0.4) is 0 Å². The molecule has 0 amide bonds. The van der Waals surface area contributed by atoms with Crippen molar-refractivity contribution in [2.45, 2.75) is 26.8 Å². The second kappa shape index (κ2) is 5.12. The van der Waals surface area contributed by atoms with Gasteiger partial charge >= 0.3 is 0 Å². The molecule has 0 unspecified atom stereocenters. The van der Waals surface area contributed by atoms with Crippen molar-refractivity contribution in [3.8, 4) is 0 Å². The van der Waals surface area contributed by atoms with E-state index in [1.54, 1.807) is 12.1 Å². The largest absolute Gasteiger partial charge is 0.331 e. The molecule has 1 aromatic heterocycles. The molecule has 0 aliphatic heterocycles. The number of rotatable bonds is 3. The highest BCUT2D eigenvalue weighted by Crippen LogP contribution is 2.37. The summed E-state index contributed by atoms with van der Waals surface area (Å²) in [5.74, 6) is -0.0934. The minimum Gasteiger partial charge on any atom is -0.331 e. The first-order chi connectivity index (χ1) is 8.47. The number of carbonyl (C=O) groups is 1. The van der Waals surface area contributed by atoms with E-state index < -0.39 is 0 Å². The third-order valence-corrected chi connectivity index (χ3v) is 3.73. The van der Waals surface area contributed by atoms with E-state index >= 15 is 0 Å². The minimum atomic E-state index is -0.0934. The maximum absolute atomic E-state index is 11.7. The van der Waals surface area contributed by atoms with Crippen LogP contribution in [-0.2, 0) is 6.54 Å². The fourth-order valence-electron chi connectivity index (χ4n) is 2.13. The number of hydrogen-bond donors (Lipinski definition) is 0. The van der Waals surface area contributed by atoms with Crippen LogP contribution in [0.2, 0.25) is 15.2 Å². The number of Topliss-reactive ketones (excluding diaryl/α,β-unsaturated/α-hetero) is 1. The highest BCUT2D eigenvalue weighted by molar-refractivity contribution is 6.42. The van der Waals surface area contributed by atoms with Crippen LogP contribution in [0.25, 0.3) is 10.9 Å². The summed E-state index contributed by atoms with van der Waals surface area (Å²) in [4.78, 5) is 11.7. The molecule has 2 aromatic rings. The normalized spacial score (nSPS) is 11.2. The Morgan fingerprint density at radius 1 is 1.28 bits per heavy atom. The number of halogens is 3. The van der Waals surface area contributed by atoms with E-state index in [1.807, 2.05) is 11.5 Å². The smallest absolute Gasteiger partial charge is 0.163 e. The first-order valence-corrected chi connectivity index (χ1v) is 6.78. The summed E-state index contributed by atoms with van der Waals surface area (Å²) >= 11 is 18.5. The molecule has 0 saturated heterocycles. The number of ketones is 1. The monoisotopic (exact) mass is 303 g/mol. The van der Waals surface area contributed by atoms with E-state index in [9.17, 15) is 4.79 Å². The molecule has 96 valence electrons. The topological polar surface area (TPSA) is 22.0 Å². The Morgan fingerprint density at radius 3 is 2.50 bits per heavy atom. The predicted molar refractivity (Wildman–Crippen MR) is 77.3 cm³/mol. The van der Waals surface area contributed by atoms with Crippen molar-refractivity contribution >= 4 is 51.5 Å². The lowest BCUT2D eigenvalue weighted by Gasteiger charge is -2.05. The predicted octanol–water partition coefficient (Wildman–Crippen LogP) is 5.21. The zero-order chi connectivity index (χ0) is 13.4. The van der Waals surface area contributed by atoms with Crippen LogP contribution in [0.15, 0.2) is 12.1 Å². The molecule has 2 nitrogen and oxygen atoms in total. The lowest BCUT2D eigenvalue weighted by Crippen LogP contribution is -1.98. The zero-order valence-corrected chi connectivity index (χ0v) is 12.3. The number of aryl methyl sites for hydroxylation is 1. The van der Waals surface area contributed by atoms with Crippen LogP contribution < -0.4 is 0 Å². The molecule has 1 aromatic carbocycles. The maximum Gasteiger partial charge on any atom is 0.163 e. The summed E-state index contributed by atoms with van der Waals surface area (Å²) in [6, 6.07) is 3.42. The Morgan fingerprint density at radius 2 is 1.94 bits per heavy atom. The van der Waals surface area contributed by atoms with E-state index in [4.69, 9.17) is 34.8 Å². The summed E-state index contributed by atoms with van der Waals surface area (Å²) < 4.78 is 1.88. The average molecular weight is 305 g/mol. The quantitative estimate of drug-likeness (QED) is 0.713. The summed E-state index contributed by atoms with van der Waals surface area (Å²) in [5.41, 5.74) is 1.28. The minimum absolute atomic E-state index is 0.0934. The van der Waals surface area contributed by atoms with Crippen molar-refractivity contribution in [3.05, 3.63) is 32.9 Å². The Labute approximate surface area is 120 Å². The van der Waals surface area contributed by atoms with Crippen LogP contribution in [-0.4, -0.2) is 10.4 Å². The number of aromatic nitrogens is 1. The number of hydrogen-bond acceptors (Lipinski definition) is 1. The van der Waals surface area contributed by atoms with Gasteiger partial charge in [-0.05, 0) is 25.5 Å². The van der Waals surface area contributed by atoms with Gasteiger partial charge in [0.15, 0.2) is 5.78 Å². The Bertz CT molecular complexity index is 631. The molecule has 1 heterocycles. The van der Waals surface area contributed by atoms with Crippen molar-refractivity contribution in [2.24, 2.45) is 0 Å². The summed E-state index contributed by atoms with van der Waals surface area (Å²) in [5, 5.41) is 2.11. The van der Waals surface area contributed by atoms with Crippen LogP contribution in [0.4, 0.5) is 0 Å². The van der Waals surface area contributed by atoms with Gasteiger partial charge in [-0.15, -0.1) is 0 Å². The molecular weight excluding hydrogens is 293 g/mol. The third-order valence-electron chi connectivity index (χ3n) is 2.82. The van der Waals surface area contributed by atoms with Gasteiger partial charge in [0, 0.05) is 17.0 Å². The molecule has 0 aliphatic rings. The van der Waals surface area contributed by atoms with Crippen molar-refractivity contribution in [1.82, 2.24) is 4.57 Å². The fraction of sp³-hybridized carbons (Fsp3) is 0.308. The maximum atomic E-state index is 11.7. The molecule has 0 fully saturated rings. The molecule has 0 bridgehead atoms. The average Bonchev–Trinajstić information content (AvgIpc) is 2.54. The second-order valence-electron chi connectivity index (χ2n) is 4.16. The van der Waals surface area contributed by atoms with Gasteiger partial charge in [-0.3, -0.25) is 4.79 Å². The van der Waals surface area contributed by atoms with E-state index in [-0.39, 0.29) is 5.78 Å². The van der Waals surface area contributed by atoms with Crippen LogP contribution in [0.1, 0.15) is 30.6 Å². The SMILES string of the molecule is CCCn1c(Cl)c(C(C)=O)c2c(Cl)cc(Cl)cc21. The summed E-state index contributed by atoms with van der Waals surface area (Å²) in [6.07, 6.45) is 0.908. The van der Waals surface area contributed by atoms with Gasteiger partial charge in [-0.1, -0.05) is 41.7 Å². The standard InChI is InChI=1S/C13H12Cl3NO/c1-3-4-17-10-6-8(14)5-9(15)12(10)11(7(2)18)13(17)16/h5-6H,3-4H2,1-2H3. The van der Waals surface area contributed by atoms with Crippen LogP contribution >= 0.6 is 34.8 Å². The molecule has 0 spiro atoms. The molecule has 0 N–H and O–H groups in total. The van der Waals surface area contributed by atoms with E-state index in [2.05, 4.69) is 0 Å². The fourth-order valence-corrected chi connectivity index (χ4v) is 3.11. The van der Waals surface area contributed by atoms with Crippen LogP contribution in [0.5, 0.6) is 0 Å². The van der Waals surface area contributed by atoms with Gasteiger partial charge in [-0.2, -0.15) is 0 Å². The van der Waals surface area contributed by atoms with E-state index in [1.165, 1.54) is 6.92 Å². The van der Waals surface area contributed by atoms with Gasteiger partial charge in [0.05, 0.1) is 16.1 Å². The molecule has 2 rings (SSSR count). The number of nitrogens with zero attached hydrogens (tertiary/aromatic N) is 1. The number of carbonyl (C=O) groups excluding carboxylic acids is 1. The van der Waals surface area contributed by atoms with Crippen molar-refractivity contribution in [3.63, 3.8) is 0 Å². The van der Waals surface area contributed by atoms with Crippen molar-refractivity contribution in [2.75, 3.05) is 0 Å². The molecule has 18 heavy (non-hydrogen) atoms. The second-order valence-corrected chi connectivity index (χ2v) is 5.36. The van der Waals surface area contributed by atoms with Gasteiger partial charge in [0.1, 0.15) is 5.15 Å². The zero-order valence-electron chi connectivity index (χ0n) is 10.1. The lowest BCUT2D eigenvalue weighted by atomic mass is 10.1. The van der Waals surface area contributed by atoms with Gasteiger partial charge < -0.3 is 4.57 Å². The molecular formula is C13H12Cl3NO. The molecule has 0 saturated carbocycles. The Balaban J connectivity index is 2.92. The summed E-state index contributed by atoms with van der Waals surface area (Å²) in [6.45, 7) is 4.25. The molecule has 5 heteroatoms. The Kier molecular flexibility index (Phi) is 3.90. The number of fused-ring (bicyclic) bond motifs is 1. The van der Waals surface area contributed by atoms with E-state index in [0.717, 1.165) is 18.5 Å². The van der Waals surface area contributed by atoms with Gasteiger partial charge in [0.25, 0.3) is 0 Å². The van der Waals surface area contributed by atoms with Gasteiger partial charge in [-0.25, -0.2) is 0 Å². The first kappa shape index (κ1) is 13.7. The molecule has 0 aliphatic carbocycles. The summed E-state index contributed by atoms with van der Waals surface area (Å²) in [7, 11) is 0. The molecule has 0 radical (unpaired) electrons. The molecule has 0 atom stereocenters. The third kappa shape index (κ3) is 2.13. The lowest BCUT2D eigenvalue weighted by molar-refractivity contribution is 0.101. The number of benzene rings is 1. The highest BCUT2D eigenvalue weighted by Gasteiger charge is 2.21. The van der Waals surface area contributed by atoms with E-state index in [0.29, 0.717) is 26.1 Å². The van der Waals surface area contributed by atoms with Crippen molar-refractivity contribution < 1.29 is 4.79 Å². The Hall–Kier alpha value is -0.700. The van der Waals surface area contributed by atoms with Gasteiger partial charge in [0.2, 0.25) is 0 Å².